The molecule has 0 aliphatic heterocycles. The van der Waals surface area contributed by atoms with Crippen LogP contribution in [-0.4, -0.2) is 41.6 Å². The third-order valence-corrected chi connectivity index (χ3v) is 4.55. The summed E-state index contributed by atoms with van der Waals surface area (Å²) in [5.41, 5.74) is 0.937. The summed E-state index contributed by atoms with van der Waals surface area (Å²) >= 11 is 3.34. The van der Waals surface area contributed by atoms with Gasteiger partial charge in [-0.15, -0.1) is 0 Å². The second kappa shape index (κ2) is 11.3. The Labute approximate surface area is 183 Å². The molecule has 2 amide bonds. The topological polar surface area (TPSA) is 105 Å². The lowest BCUT2D eigenvalue weighted by Crippen LogP contribution is -2.50. The van der Waals surface area contributed by atoms with Crippen molar-refractivity contribution in [3.63, 3.8) is 0 Å². The van der Waals surface area contributed by atoms with Gasteiger partial charge in [-0.3, -0.25) is 9.59 Å². The molecule has 2 unspecified atom stereocenters. The smallest absolute Gasteiger partial charge is 0.331 e. The monoisotopic (exact) mass is 474 g/mol. The number of carbonyl (C=O) groups is 3. The number of ether oxygens (including phenoxy) is 1. The molecule has 0 saturated heterocycles. The minimum atomic E-state index is -1.28. The maximum Gasteiger partial charge on any atom is 0.331 e. The van der Waals surface area contributed by atoms with Gasteiger partial charge in [0, 0.05) is 10.0 Å². The van der Waals surface area contributed by atoms with Crippen LogP contribution < -0.4 is 10.6 Å². The van der Waals surface area contributed by atoms with Crippen molar-refractivity contribution in [2.75, 3.05) is 6.61 Å². The molecule has 2 aromatic rings. The molecule has 0 aliphatic carbocycles. The first-order valence-electron chi connectivity index (χ1n) is 9.31. The van der Waals surface area contributed by atoms with Crippen LogP contribution in [-0.2, 0) is 14.3 Å². The van der Waals surface area contributed by atoms with Gasteiger partial charge < -0.3 is 20.5 Å². The first kappa shape index (κ1) is 23.3. The molecule has 2 rings (SSSR count). The van der Waals surface area contributed by atoms with Crippen LogP contribution in [0.15, 0.2) is 64.8 Å². The quantitative estimate of drug-likeness (QED) is 0.402. The summed E-state index contributed by atoms with van der Waals surface area (Å²) in [6.45, 7) is 3.09. The minimum Gasteiger partial charge on any atom is -0.464 e. The number of esters is 1. The Kier molecular flexibility index (Phi) is 8.76. The molecular weight excluding hydrogens is 452 g/mol. The van der Waals surface area contributed by atoms with E-state index in [4.69, 9.17) is 4.74 Å². The number of hydrogen-bond donors (Lipinski definition) is 3. The zero-order valence-electron chi connectivity index (χ0n) is 16.6. The fourth-order valence-corrected chi connectivity index (χ4v) is 2.76. The molecule has 7 nitrogen and oxygen atoms in total. The Hall–Kier alpha value is -2.97. The number of benzene rings is 2. The largest absolute Gasteiger partial charge is 0.464 e. The Morgan fingerprint density at radius 3 is 2.30 bits per heavy atom. The second-order valence-electron chi connectivity index (χ2n) is 6.37. The van der Waals surface area contributed by atoms with Crippen molar-refractivity contribution < 1.29 is 24.2 Å². The summed E-state index contributed by atoms with van der Waals surface area (Å²) in [6.07, 6.45) is 0.291. The van der Waals surface area contributed by atoms with E-state index in [1.54, 1.807) is 61.5 Å². The van der Waals surface area contributed by atoms with Gasteiger partial charge in [0.05, 0.1) is 12.7 Å². The van der Waals surface area contributed by atoms with Crippen LogP contribution in [0.3, 0.4) is 0 Å². The van der Waals surface area contributed by atoms with Crippen molar-refractivity contribution in [2.45, 2.75) is 26.0 Å². The van der Waals surface area contributed by atoms with Gasteiger partial charge in [-0.25, -0.2) is 4.79 Å². The van der Waals surface area contributed by atoms with Gasteiger partial charge in [-0.2, -0.15) is 0 Å². The summed E-state index contributed by atoms with van der Waals surface area (Å²) in [7, 11) is 0. The van der Waals surface area contributed by atoms with Crippen molar-refractivity contribution in [2.24, 2.45) is 0 Å². The molecule has 0 radical (unpaired) electrons. The van der Waals surface area contributed by atoms with E-state index in [1.165, 1.54) is 13.0 Å². The maximum absolute atomic E-state index is 12.9. The molecular formula is C22H23BrN2O5. The first-order chi connectivity index (χ1) is 14.3. The molecule has 3 N–H and O–H groups in total. The SMILES string of the molecule is CCOC(=O)C(NC(=O)C(=Cc1ccc(Br)cc1)NC(=O)c1ccccc1)C(C)O. The molecule has 0 aliphatic rings. The molecule has 0 saturated carbocycles. The van der Waals surface area contributed by atoms with Gasteiger partial charge in [0.2, 0.25) is 0 Å². The number of hydrogen-bond acceptors (Lipinski definition) is 5. The average molecular weight is 475 g/mol. The van der Waals surface area contributed by atoms with E-state index < -0.39 is 29.9 Å². The lowest BCUT2D eigenvalue weighted by molar-refractivity contribution is -0.150. The van der Waals surface area contributed by atoms with Gasteiger partial charge in [0.25, 0.3) is 11.8 Å². The van der Waals surface area contributed by atoms with Crippen LogP contribution >= 0.6 is 15.9 Å². The average Bonchev–Trinajstić information content (AvgIpc) is 2.73. The lowest BCUT2D eigenvalue weighted by atomic mass is 10.1. The van der Waals surface area contributed by atoms with Crippen molar-refractivity contribution >= 4 is 39.8 Å². The van der Waals surface area contributed by atoms with Gasteiger partial charge in [-0.1, -0.05) is 46.3 Å². The summed E-state index contributed by atoms with van der Waals surface area (Å²) in [5.74, 6) is -1.99. The predicted molar refractivity (Wildman–Crippen MR) is 116 cm³/mol. The predicted octanol–water partition coefficient (Wildman–Crippen LogP) is 2.65. The molecule has 8 heteroatoms. The Morgan fingerprint density at radius 1 is 1.10 bits per heavy atom. The Morgan fingerprint density at radius 2 is 1.73 bits per heavy atom. The van der Waals surface area contributed by atoms with E-state index in [9.17, 15) is 19.5 Å². The number of carbonyl (C=O) groups excluding carboxylic acids is 3. The lowest BCUT2D eigenvalue weighted by Gasteiger charge is -2.20. The number of aliphatic hydroxyl groups is 1. The molecule has 0 fully saturated rings. The van der Waals surface area contributed by atoms with Crippen LogP contribution in [0.1, 0.15) is 29.8 Å². The molecule has 2 atom stereocenters. The van der Waals surface area contributed by atoms with E-state index in [0.29, 0.717) is 11.1 Å². The van der Waals surface area contributed by atoms with Gasteiger partial charge >= 0.3 is 5.97 Å². The van der Waals surface area contributed by atoms with Crippen LogP contribution in [0, 0.1) is 0 Å². The number of rotatable bonds is 8. The third kappa shape index (κ3) is 6.82. The number of nitrogens with one attached hydrogen (secondary N) is 2. The van der Waals surface area contributed by atoms with E-state index in [-0.39, 0.29) is 12.3 Å². The summed E-state index contributed by atoms with van der Waals surface area (Å²) in [6, 6.07) is 14.2. The number of aliphatic hydroxyl groups excluding tert-OH is 1. The minimum absolute atomic E-state index is 0.0823. The fourth-order valence-electron chi connectivity index (χ4n) is 2.50. The van der Waals surface area contributed by atoms with Crippen molar-refractivity contribution in [3.8, 4) is 0 Å². The zero-order valence-corrected chi connectivity index (χ0v) is 18.2. The molecule has 0 bridgehead atoms. The highest BCUT2D eigenvalue weighted by atomic mass is 79.9. The Bertz CT molecular complexity index is 911. The van der Waals surface area contributed by atoms with Crippen LogP contribution in [0.2, 0.25) is 0 Å². The summed E-state index contributed by atoms with van der Waals surface area (Å²) < 4.78 is 5.76. The van der Waals surface area contributed by atoms with Crippen molar-refractivity contribution in [1.82, 2.24) is 10.6 Å². The molecule has 158 valence electrons. The second-order valence-corrected chi connectivity index (χ2v) is 7.29. The van der Waals surface area contributed by atoms with E-state index in [1.807, 2.05) is 0 Å². The van der Waals surface area contributed by atoms with Gasteiger partial charge in [-0.05, 0) is 49.8 Å². The highest BCUT2D eigenvalue weighted by Gasteiger charge is 2.28. The molecule has 0 aromatic heterocycles. The first-order valence-corrected chi connectivity index (χ1v) is 10.1. The Balaban J connectivity index is 2.31. The number of halogens is 1. The van der Waals surface area contributed by atoms with Crippen LogP contribution in [0.5, 0.6) is 0 Å². The van der Waals surface area contributed by atoms with E-state index in [0.717, 1.165) is 4.47 Å². The maximum atomic E-state index is 12.9. The van der Waals surface area contributed by atoms with Crippen LogP contribution in [0.4, 0.5) is 0 Å². The van der Waals surface area contributed by atoms with Gasteiger partial charge in [0.15, 0.2) is 6.04 Å². The van der Waals surface area contributed by atoms with E-state index in [2.05, 4.69) is 26.6 Å². The zero-order chi connectivity index (χ0) is 22.1. The van der Waals surface area contributed by atoms with Crippen molar-refractivity contribution in [3.05, 3.63) is 75.9 Å². The van der Waals surface area contributed by atoms with Gasteiger partial charge in [0.1, 0.15) is 5.70 Å². The standard InChI is InChI=1S/C22H23BrN2O5/c1-3-30-22(29)19(14(2)26)25-21(28)18(13-15-9-11-17(23)12-10-15)24-20(27)16-7-5-4-6-8-16/h4-14,19,26H,3H2,1-2H3,(H,24,27)(H,25,28). The summed E-state index contributed by atoms with van der Waals surface area (Å²) in [4.78, 5) is 37.5. The highest BCUT2D eigenvalue weighted by Crippen LogP contribution is 2.13. The third-order valence-electron chi connectivity index (χ3n) is 4.02. The molecule has 30 heavy (non-hydrogen) atoms. The van der Waals surface area contributed by atoms with Crippen molar-refractivity contribution in [1.29, 1.82) is 0 Å². The van der Waals surface area contributed by atoms with E-state index >= 15 is 0 Å². The highest BCUT2D eigenvalue weighted by molar-refractivity contribution is 9.10. The number of amides is 2. The fraction of sp³-hybridized carbons (Fsp3) is 0.227. The molecule has 2 aromatic carbocycles. The summed E-state index contributed by atoms with van der Waals surface area (Å²) in [5, 5.41) is 14.9. The molecule has 0 heterocycles. The normalized spacial score (nSPS) is 13.1. The molecule has 0 spiro atoms. The van der Waals surface area contributed by atoms with Crippen LogP contribution in [0.25, 0.3) is 6.08 Å².